The molecule has 0 radical (unpaired) electrons. The first-order valence-corrected chi connectivity index (χ1v) is 6.46. The highest BCUT2D eigenvalue weighted by Crippen LogP contribution is 2.08. The standard InChI is InChI=1S/C13H23N5O/c1-6-15-10-7-14-8-11(17-10)16-9(2)12(19)18-13(3,4)5/h7-9H,6H2,1-5H3,(H,18,19)(H2,15,16,17). The lowest BCUT2D eigenvalue weighted by atomic mass is 10.1. The maximum atomic E-state index is 11.9. The first kappa shape index (κ1) is 15.2. The Morgan fingerprint density at radius 1 is 1.32 bits per heavy atom. The lowest BCUT2D eigenvalue weighted by Gasteiger charge is -2.23. The van der Waals surface area contributed by atoms with E-state index in [-0.39, 0.29) is 17.5 Å². The fourth-order valence-electron chi connectivity index (χ4n) is 1.47. The summed E-state index contributed by atoms with van der Waals surface area (Å²) < 4.78 is 0. The van der Waals surface area contributed by atoms with E-state index in [9.17, 15) is 4.79 Å². The first-order chi connectivity index (χ1) is 8.81. The Bertz CT molecular complexity index is 427. The third-order valence-corrected chi connectivity index (χ3v) is 2.25. The summed E-state index contributed by atoms with van der Waals surface area (Å²) in [5.41, 5.74) is -0.246. The van der Waals surface area contributed by atoms with Crippen LogP contribution in [0.4, 0.5) is 11.6 Å². The van der Waals surface area contributed by atoms with Gasteiger partial charge in [0.15, 0.2) is 0 Å². The number of carbonyl (C=O) groups is 1. The molecule has 1 aromatic rings. The average Bonchev–Trinajstić information content (AvgIpc) is 2.27. The van der Waals surface area contributed by atoms with Crippen LogP contribution in [0.2, 0.25) is 0 Å². The van der Waals surface area contributed by atoms with Crippen LogP contribution in [0.3, 0.4) is 0 Å². The molecule has 1 amide bonds. The van der Waals surface area contributed by atoms with E-state index >= 15 is 0 Å². The van der Waals surface area contributed by atoms with Crippen LogP contribution in [-0.4, -0.2) is 34.0 Å². The minimum absolute atomic E-state index is 0.0665. The zero-order valence-corrected chi connectivity index (χ0v) is 12.2. The van der Waals surface area contributed by atoms with Gasteiger partial charge in [-0.25, -0.2) is 4.98 Å². The fraction of sp³-hybridized carbons (Fsp3) is 0.615. The molecule has 0 aliphatic heterocycles. The van der Waals surface area contributed by atoms with Crippen LogP contribution in [0.25, 0.3) is 0 Å². The van der Waals surface area contributed by atoms with Crippen molar-refractivity contribution in [1.82, 2.24) is 15.3 Å². The van der Waals surface area contributed by atoms with E-state index < -0.39 is 0 Å². The molecule has 0 aromatic carbocycles. The van der Waals surface area contributed by atoms with E-state index in [2.05, 4.69) is 25.9 Å². The van der Waals surface area contributed by atoms with E-state index in [0.29, 0.717) is 11.6 Å². The van der Waals surface area contributed by atoms with Crippen LogP contribution < -0.4 is 16.0 Å². The van der Waals surface area contributed by atoms with Crippen molar-refractivity contribution in [2.24, 2.45) is 0 Å². The summed E-state index contributed by atoms with van der Waals surface area (Å²) in [4.78, 5) is 20.3. The minimum atomic E-state index is -0.370. The lowest BCUT2D eigenvalue weighted by molar-refractivity contribution is -0.122. The summed E-state index contributed by atoms with van der Waals surface area (Å²) in [6.07, 6.45) is 3.25. The van der Waals surface area contributed by atoms with Gasteiger partial charge in [0, 0.05) is 12.1 Å². The molecule has 0 aliphatic carbocycles. The number of nitrogens with zero attached hydrogens (tertiary/aromatic N) is 2. The zero-order chi connectivity index (χ0) is 14.5. The molecule has 0 fully saturated rings. The predicted octanol–water partition coefficient (Wildman–Crippen LogP) is 1.62. The van der Waals surface area contributed by atoms with Gasteiger partial charge in [0.05, 0.1) is 12.4 Å². The van der Waals surface area contributed by atoms with E-state index in [4.69, 9.17) is 0 Å². The van der Waals surface area contributed by atoms with E-state index in [1.54, 1.807) is 19.3 Å². The SMILES string of the molecule is CCNc1cncc(NC(C)C(=O)NC(C)(C)C)n1. The molecule has 0 aliphatic rings. The van der Waals surface area contributed by atoms with Gasteiger partial charge in [0.1, 0.15) is 17.7 Å². The quantitative estimate of drug-likeness (QED) is 0.754. The monoisotopic (exact) mass is 265 g/mol. The molecule has 1 atom stereocenters. The molecule has 6 nitrogen and oxygen atoms in total. The van der Waals surface area contributed by atoms with Gasteiger partial charge in [-0.1, -0.05) is 0 Å². The van der Waals surface area contributed by atoms with Crippen molar-refractivity contribution in [3.8, 4) is 0 Å². The van der Waals surface area contributed by atoms with Crippen molar-refractivity contribution in [3.05, 3.63) is 12.4 Å². The summed E-state index contributed by atoms with van der Waals surface area (Å²) in [7, 11) is 0. The Balaban J connectivity index is 2.63. The van der Waals surface area contributed by atoms with Crippen LogP contribution in [0.1, 0.15) is 34.6 Å². The highest BCUT2D eigenvalue weighted by atomic mass is 16.2. The van der Waals surface area contributed by atoms with Gasteiger partial charge >= 0.3 is 0 Å². The van der Waals surface area contributed by atoms with Gasteiger partial charge in [-0.2, -0.15) is 0 Å². The van der Waals surface area contributed by atoms with E-state index in [0.717, 1.165) is 6.54 Å². The predicted molar refractivity (Wildman–Crippen MR) is 77.2 cm³/mol. The number of aromatic nitrogens is 2. The molecule has 0 bridgehead atoms. The molecule has 6 heteroatoms. The van der Waals surface area contributed by atoms with Crippen molar-refractivity contribution in [3.63, 3.8) is 0 Å². The van der Waals surface area contributed by atoms with Gasteiger partial charge in [-0.15, -0.1) is 0 Å². The summed E-state index contributed by atoms with van der Waals surface area (Å²) in [6, 6.07) is -0.370. The highest BCUT2D eigenvalue weighted by Gasteiger charge is 2.19. The van der Waals surface area contributed by atoms with Crippen LogP contribution in [0.15, 0.2) is 12.4 Å². The summed E-state index contributed by atoms with van der Waals surface area (Å²) in [6.45, 7) is 10.4. The lowest BCUT2D eigenvalue weighted by Crippen LogP contribution is -2.47. The van der Waals surface area contributed by atoms with Crippen molar-refractivity contribution < 1.29 is 4.79 Å². The molecule has 3 N–H and O–H groups in total. The number of carbonyl (C=O) groups excluding carboxylic acids is 1. The molecule has 106 valence electrons. The number of rotatable bonds is 5. The summed E-state index contributed by atoms with van der Waals surface area (Å²) in [5, 5.41) is 9.03. The number of hydrogen-bond donors (Lipinski definition) is 3. The third kappa shape index (κ3) is 5.54. The van der Waals surface area contributed by atoms with Gasteiger partial charge < -0.3 is 16.0 Å². The maximum absolute atomic E-state index is 11.9. The molecule has 1 aromatic heterocycles. The van der Waals surface area contributed by atoms with Crippen LogP contribution >= 0.6 is 0 Å². The van der Waals surface area contributed by atoms with E-state index in [1.807, 2.05) is 27.7 Å². The van der Waals surface area contributed by atoms with E-state index in [1.165, 1.54) is 0 Å². The normalized spacial score (nSPS) is 12.7. The number of amides is 1. The second-order valence-electron chi connectivity index (χ2n) is 5.43. The third-order valence-electron chi connectivity index (χ3n) is 2.25. The topological polar surface area (TPSA) is 78.9 Å². The van der Waals surface area contributed by atoms with Crippen molar-refractivity contribution in [1.29, 1.82) is 0 Å². The Morgan fingerprint density at radius 2 is 1.95 bits per heavy atom. The van der Waals surface area contributed by atoms with Crippen LogP contribution in [-0.2, 0) is 4.79 Å². The molecule has 1 heterocycles. The van der Waals surface area contributed by atoms with Crippen LogP contribution in [0, 0.1) is 0 Å². The molecule has 0 saturated carbocycles. The molecular formula is C13H23N5O. The number of nitrogens with one attached hydrogen (secondary N) is 3. The molecule has 1 rings (SSSR count). The Morgan fingerprint density at radius 3 is 2.53 bits per heavy atom. The second-order valence-corrected chi connectivity index (χ2v) is 5.43. The van der Waals surface area contributed by atoms with Crippen molar-refractivity contribution in [2.75, 3.05) is 17.2 Å². The smallest absolute Gasteiger partial charge is 0.242 e. The summed E-state index contributed by atoms with van der Waals surface area (Å²) >= 11 is 0. The highest BCUT2D eigenvalue weighted by molar-refractivity contribution is 5.84. The fourth-order valence-corrected chi connectivity index (χ4v) is 1.47. The molecular weight excluding hydrogens is 242 g/mol. The van der Waals surface area contributed by atoms with Crippen LogP contribution in [0.5, 0.6) is 0 Å². The zero-order valence-electron chi connectivity index (χ0n) is 12.2. The Hall–Kier alpha value is -1.85. The first-order valence-electron chi connectivity index (χ1n) is 6.46. The van der Waals surface area contributed by atoms with Gasteiger partial charge in [0.2, 0.25) is 5.91 Å². The second kappa shape index (κ2) is 6.36. The minimum Gasteiger partial charge on any atom is -0.369 e. The molecule has 0 spiro atoms. The largest absolute Gasteiger partial charge is 0.369 e. The number of hydrogen-bond acceptors (Lipinski definition) is 5. The molecule has 19 heavy (non-hydrogen) atoms. The molecule has 1 unspecified atom stereocenters. The van der Waals surface area contributed by atoms with Gasteiger partial charge in [-0.3, -0.25) is 9.78 Å². The van der Waals surface area contributed by atoms with Gasteiger partial charge in [0.25, 0.3) is 0 Å². The molecule has 0 saturated heterocycles. The maximum Gasteiger partial charge on any atom is 0.242 e. The number of anilines is 2. The Kier molecular flexibility index (Phi) is 5.09. The van der Waals surface area contributed by atoms with Gasteiger partial charge in [-0.05, 0) is 34.6 Å². The Labute approximate surface area is 114 Å². The summed E-state index contributed by atoms with van der Waals surface area (Å²) in [5.74, 6) is 1.20. The average molecular weight is 265 g/mol. The van der Waals surface area contributed by atoms with Crippen molar-refractivity contribution >= 4 is 17.5 Å². The van der Waals surface area contributed by atoms with Crippen molar-refractivity contribution in [2.45, 2.75) is 46.2 Å².